The molecule has 41 heavy (non-hydrogen) atoms. The zero-order valence-corrected chi connectivity index (χ0v) is 23.6. The monoisotopic (exact) mass is 578 g/mol. The van der Waals surface area contributed by atoms with E-state index < -0.39 is 31.6 Å². The first kappa shape index (κ1) is 28.7. The predicted molar refractivity (Wildman–Crippen MR) is 156 cm³/mol. The van der Waals surface area contributed by atoms with Crippen LogP contribution in [0.3, 0.4) is 0 Å². The van der Waals surface area contributed by atoms with Crippen LogP contribution in [0.15, 0.2) is 109 Å². The molecule has 0 aromatic heterocycles. The smallest absolute Gasteiger partial charge is 0.166 e. The number of benzene rings is 4. The maximum atomic E-state index is 13.9. The van der Waals surface area contributed by atoms with Crippen LogP contribution in [-0.2, 0) is 12.4 Å². The molecular weight excluding hydrogens is 550 g/mol. The van der Waals surface area contributed by atoms with Crippen molar-refractivity contribution in [3.63, 3.8) is 0 Å². The Hall–Kier alpha value is -3.84. The highest BCUT2D eigenvalue weighted by atomic mass is 28.3. The van der Waals surface area contributed by atoms with Crippen molar-refractivity contribution in [2.24, 2.45) is 0 Å². The van der Waals surface area contributed by atoms with Gasteiger partial charge in [0.1, 0.15) is 8.07 Å². The summed E-state index contributed by atoms with van der Waals surface area (Å²) in [5, 5.41) is 1.65. The van der Waals surface area contributed by atoms with Crippen molar-refractivity contribution in [1.82, 2.24) is 0 Å². The maximum Gasteiger partial charge on any atom is 0.416 e. The van der Waals surface area contributed by atoms with Crippen LogP contribution < -0.4 is 0 Å². The number of rotatable bonds is 6. The molecule has 1 aliphatic heterocycles. The molecule has 0 unspecified atom stereocenters. The number of halogens is 6. The van der Waals surface area contributed by atoms with Crippen LogP contribution in [0.2, 0.25) is 12.1 Å². The minimum Gasteiger partial charge on any atom is -0.166 e. The van der Waals surface area contributed by atoms with Crippen LogP contribution in [0.1, 0.15) is 47.2 Å². The second-order valence-electron chi connectivity index (χ2n) is 10.2. The Balaban J connectivity index is 1.96. The summed E-state index contributed by atoms with van der Waals surface area (Å²) in [7, 11) is -2.95. The first-order chi connectivity index (χ1) is 19.5. The van der Waals surface area contributed by atoms with Crippen LogP contribution in [0, 0.1) is 0 Å². The molecule has 4 aromatic carbocycles. The molecule has 0 amide bonds. The summed E-state index contributed by atoms with van der Waals surface area (Å²) in [6.07, 6.45) is -9.07. The fourth-order valence-corrected chi connectivity index (χ4v) is 11.2. The normalized spacial score (nSPS) is 15.5. The number of allylic oxidation sites excluding steroid dienone is 2. The molecule has 0 bridgehead atoms. The van der Waals surface area contributed by atoms with E-state index in [1.54, 1.807) is 12.1 Å². The van der Waals surface area contributed by atoms with Gasteiger partial charge in [0.15, 0.2) is 0 Å². The van der Waals surface area contributed by atoms with Gasteiger partial charge in [0.25, 0.3) is 0 Å². The lowest BCUT2D eigenvalue weighted by molar-refractivity contribution is -0.138. The summed E-state index contributed by atoms with van der Waals surface area (Å²) in [6, 6.07) is 30.9. The lowest BCUT2D eigenvalue weighted by Crippen LogP contribution is -2.35. The Morgan fingerprint density at radius 1 is 0.463 bits per heavy atom. The Bertz CT molecular complexity index is 1490. The summed E-state index contributed by atoms with van der Waals surface area (Å²) in [6.45, 7) is 4.01. The molecule has 1 heterocycles. The van der Waals surface area contributed by atoms with Gasteiger partial charge in [-0.1, -0.05) is 111 Å². The van der Waals surface area contributed by atoms with Crippen molar-refractivity contribution in [3.05, 3.63) is 143 Å². The minimum atomic E-state index is -4.54. The Labute approximate surface area is 236 Å². The number of hydrogen-bond donors (Lipinski definition) is 0. The zero-order chi connectivity index (χ0) is 29.4. The molecular formula is C34H28F6Si. The van der Waals surface area contributed by atoms with E-state index in [1.807, 2.05) is 74.5 Å². The summed E-state index contributed by atoms with van der Waals surface area (Å²) in [5.74, 6) is 0. The van der Waals surface area contributed by atoms with Crippen LogP contribution in [0.4, 0.5) is 26.3 Å². The zero-order valence-electron chi connectivity index (χ0n) is 22.6. The molecule has 0 fully saturated rings. The summed E-state index contributed by atoms with van der Waals surface area (Å²) in [4.78, 5) is 0. The van der Waals surface area contributed by atoms with Gasteiger partial charge in [0.05, 0.1) is 11.1 Å². The van der Waals surface area contributed by atoms with Gasteiger partial charge in [-0.25, -0.2) is 0 Å². The van der Waals surface area contributed by atoms with Crippen molar-refractivity contribution in [1.29, 1.82) is 0 Å². The van der Waals surface area contributed by atoms with Gasteiger partial charge in [-0.15, -0.1) is 0 Å². The van der Waals surface area contributed by atoms with Gasteiger partial charge in [-0.05, 0) is 68.1 Å². The maximum absolute atomic E-state index is 13.9. The van der Waals surface area contributed by atoms with E-state index in [0.29, 0.717) is 23.2 Å². The molecule has 0 radical (unpaired) electrons. The van der Waals surface area contributed by atoms with E-state index in [2.05, 4.69) is 0 Å². The third kappa shape index (κ3) is 5.19. The second-order valence-corrected chi connectivity index (χ2v) is 14.8. The fraction of sp³-hybridized carbons (Fsp3) is 0.176. The molecule has 7 heteroatoms. The van der Waals surface area contributed by atoms with Gasteiger partial charge in [0.2, 0.25) is 0 Å². The van der Waals surface area contributed by atoms with Gasteiger partial charge < -0.3 is 0 Å². The van der Waals surface area contributed by atoms with E-state index in [9.17, 15) is 26.3 Å². The summed E-state index contributed by atoms with van der Waals surface area (Å²) >= 11 is 0. The lowest BCUT2D eigenvalue weighted by atomic mass is 9.89. The molecule has 4 aromatic rings. The fourth-order valence-electron chi connectivity index (χ4n) is 6.14. The van der Waals surface area contributed by atoms with Crippen LogP contribution >= 0.6 is 0 Å². The number of alkyl halides is 6. The van der Waals surface area contributed by atoms with Crippen LogP contribution in [-0.4, -0.2) is 8.07 Å². The standard InChI is InChI=1S/C34H28F6Si/c1-3-41(4-2)31(25-17-11-19-27(21-25)33(35,36)37)29(23-13-7-5-8-14-23)30(24-15-9-6-10-16-24)32(41)26-18-12-20-28(22-26)34(38,39)40/h5-22H,3-4H2,1-2H3. The highest BCUT2D eigenvalue weighted by molar-refractivity contribution is 7.14. The van der Waals surface area contributed by atoms with E-state index in [1.165, 1.54) is 24.3 Å². The molecule has 0 nitrogen and oxygen atoms in total. The van der Waals surface area contributed by atoms with E-state index >= 15 is 0 Å². The largest absolute Gasteiger partial charge is 0.416 e. The highest BCUT2D eigenvalue weighted by Crippen LogP contribution is 2.58. The first-order valence-corrected chi connectivity index (χ1v) is 15.9. The van der Waals surface area contributed by atoms with Gasteiger partial charge in [-0.2, -0.15) is 26.3 Å². The Morgan fingerprint density at radius 3 is 1.12 bits per heavy atom. The average molecular weight is 579 g/mol. The molecule has 0 atom stereocenters. The molecule has 0 saturated carbocycles. The molecule has 0 aliphatic carbocycles. The van der Waals surface area contributed by atoms with Crippen LogP contribution in [0.25, 0.3) is 21.5 Å². The summed E-state index contributed by atoms with van der Waals surface area (Å²) < 4.78 is 83.7. The molecule has 0 spiro atoms. The third-order valence-electron chi connectivity index (χ3n) is 8.00. The quantitative estimate of drug-likeness (QED) is 0.158. The van der Waals surface area contributed by atoms with Gasteiger partial charge in [-0.3, -0.25) is 0 Å². The van der Waals surface area contributed by atoms with E-state index in [-0.39, 0.29) is 0 Å². The lowest BCUT2D eigenvalue weighted by Gasteiger charge is -2.33. The van der Waals surface area contributed by atoms with Crippen molar-refractivity contribution in [2.75, 3.05) is 0 Å². The van der Waals surface area contributed by atoms with Gasteiger partial charge in [0, 0.05) is 0 Å². The molecule has 210 valence electrons. The molecule has 0 saturated heterocycles. The highest BCUT2D eigenvalue weighted by Gasteiger charge is 2.48. The number of hydrogen-bond acceptors (Lipinski definition) is 0. The Morgan fingerprint density at radius 2 is 0.805 bits per heavy atom. The third-order valence-corrected chi connectivity index (χ3v) is 13.4. The molecule has 1 aliphatic rings. The topological polar surface area (TPSA) is 0 Å². The van der Waals surface area contributed by atoms with E-state index in [4.69, 9.17) is 0 Å². The first-order valence-electron chi connectivity index (χ1n) is 13.5. The SMILES string of the molecule is CC[Si]1(CC)C(c2cccc(C(F)(F)F)c2)=C(c2ccccc2)C(c2ccccc2)=C1c1cccc(C(F)(F)F)c1. The van der Waals surface area contributed by atoms with Crippen molar-refractivity contribution in [2.45, 2.75) is 38.3 Å². The van der Waals surface area contributed by atoms with Crippen molar-refractivity contribution in [3.8, 4) is 0 Å². The van der Waals surface area contributed by atoms with Crippen LogP contribution in [0.5, 0.6) is 0 Å². The minimum absolute atomic E-state index is 0.462. The van der Waals surface area contributed by atoms with E-state index in [0.717, 1.165) is 44.8 Å². The van der Waals surface area contributed by atoms with Crippen molar-refractivity contribution >= 4 is 29.6 Å². The van der Waals surface area contributed by atoms with Crippen molar-refractivity contribution < 1.29 is 26.3 Å². The molecule has 5 rings (SSSR count). The summed E-state index contributed by atoms with van der Waals surface area (Å²) in [5.41, 5.74) is 2.64. The Kier molecular flexibility index (Phi) is 7.59. The second kappa shape index (κ2) is 10.9. The molecule has 0 N–H and O–H groups in total. The predicted octanol–water partition coefficient (Wildman–Crippen LogP) is 10.8. The average Bonchev–Trinajstić information content (AvgIpc) is 3.29. The van der Waals surface area contributed by atoms with Gasteiger partial charge >= 0.3 is 12.4 Å².